The monoisotopic (exact) mass is 354 g/mol. The van der Waals surface area contributed by atoms with Gasteiger partial charge in [-0.3, -0.25) is 4.79 Å². The molecule has 0 aliphatic carbocycles. The molecule has 4 nitrogen and oxygen atoms in total. The lowest BCUT2D eigenvalue weighted by atomic mass is 10.0. The number of fused-ring (bicyclic) bond motifs is 1. The summed E-state index contributed by atoms with van der Waals surface area (Å²) in [5, 5.41) is 16.0. The van der Waals surface area contributed by atoms with Crippen LogP contribution in [-0.4, -0.2) is 17.2 Å². The minimum Gasteiger partial charge on any atom is -0.507 e. The number of carbonyl (C=O) groups excluding carboxylic acids is 1. The Kier molecular flexibility index (Phi) is 8.67. The van der Waals surface area contributed by atoms with Gasteiger partial charge in [-0.15, -0.1) is 0 Å². The number of benzene rings is 2. The predicted octanol–water partition coefficient (Wildman–Crippen LogP) is 5.53. The third kappa shape index (κ3) is 6.51. The number of nitrogens with zero attached hydrogens (tertiary/aromatic N) is 1. The second kappa shape index (κ2) is 11.3. The lowest BCUT2D eigenvalue weighted by Gasteiger charge is -2.05. The Morgan fingerprint density at radius 1 is 1.00 bits per heavy atom. The van der Waals surface area contributed by atoms with E-state index in [1.165, 1.54) is 44.7 Å². The molecule has 2 aromatic rings. The molecule has 0 spiro atoms. The fourth-order valence-corrected chi connectivity index (χ4v) is 3.06. The lowest BCUT2D eigenvalue weighted by molar-refractivity contribution is -0.121. The molecule has 2 aromatic carbocycles. The third-order valence-corrected chi connectivity index (χ3v) is 4.59. The van der Waals surface area contributed by atoms with Crippen molar-refractivity contribution in [2.24, 2.45) is 5.10 Å². The van der Waals surface area contributed by atoms with Gasteiger partial charge in [0, 0.05) is 12.0 Å². The number of nitrogens with one attached hydrogen (secondary N) is 1. The zero-order valence-electron chi connectivity index (χ0n) is 15.7. The van der Waals surface area contributed by atoms with E-state index in [0.29, 0.717) is 12.0 Å². The molecule has 0 fully saturated rings. The molecule has 0 radical (unpaired) electrons. The van der Waals surface area contributed by atoms with E-state index >= 15 is 0 Å². The van der Waals surface area contributed by atoms with E-state index in [0.717, 1.165) is 23.6 Å². The minimum absolute atomic E-state index is 0.0769. The SMILES string of the molecule is CCCCCCCCCCC(=O)N/N=C/c1c(O)ccc2ccccc12. The van der Waals surface area contributed by atoms with Gasteiger partial charge in [-0.05, 0) is 23.3 Å². The van der Waals surface area contributed by atoms with Gasteiger partial charge in [0.15, 0.2) is 0 Å². The van der Waals surface area contributed by atoms with Crippen molar-refractivity contribution in [1.29, 1.82) is 0 Å². The molecule has 0 aliphatic heterocycles. The number of carbonyl (C=O) groups is 1. The van der Waals surface area contributed by atoms with Crippen molar-refractivity contribution in [3.8, 4) is 5.75 Å². The van der Waals surface area contributed by atoms with Gasteiger partial charge in [0.25, 0.3) is 0 Å². The summed E-state index contributed by atoms with van der Waals surface area (Å²) in [7, 11) is 0. The van der Waals surface area contributed by atoms with Gasteiger partial charge < -0.3 is 5.11 Å². The largest absolute Gasteiger partial charge is 0.507 e. The van der Waals surface area contributed by atoms with Crippen molar-refractivity contribution in [2.75, 3.05) is 0 Å². The predicted molar refractivity (Wildman–Crippen MR) is 109 cm³/mol. The molecule has 0 unspecified atom stereocenters. The number of aromatic hydroxyl groups is 1. The summed E-state index contributed by atoms with van der Waals surface area (Å²) in [6.45, 7) is 2.22. The molecular weight excluding hydrogens is 324 g/mol. The number of rotatable bonds is 11. The van der Waals surface area contributed by atoms with Crippen LogP contribution in [0.25, 0.3) is 10.8 Å². The highest BCUT2D eigenvalue weighted by molar-refractivity contribution is 6.02. The summed E-state index contributed by atoms with van der Waals surface area (Å²) >= 11 is 0. The normalized spacial score (nSPS) is 11.3. The van der Waals surface area contributed by atoms with Crippen LogP contribution in [-0.2, 0) is 4.79 Å². The maximum absolute atomic E-state index is 11.9. The molecule has 0 saturated heterocycles. The molecule has 0 aromatic heterocycles. The number of hydrogen-bond acceptors (Lipinski definition) is 3. The number of hydrazone groups is 1. The van der Waals surface area contributed by atoms with Crippen LogP contribution in [0.15, 0.2) is 41.5 Å². The molecule has 4 heteroatoms. The van der Waals surface area contributed by atoms with Crippen molar-refractivity contribution < 1.29 is 9.90 Å². The van der Waals surface area contributed by atoms with E-state index in [1.54, 1.807) is 6.07 Å². The smallest absolute Gasteiger partial charge is 0.240 e. The first-order chi connectivity index (χ1) is 12.7. The Hall–Kier alpha value is -2.36. The minimum atomic E-state index is -0.0769. The number of phenols is 1. The Labute approximate surface area is 156 Å². The van der Waals surface area contributed by atoms with E-state index in [-0.39, 0.29) is 11.7 Å². The van der Waals surface area contributed by atoms with Crippen LogP contribution in [0, 0.1) is 0 Å². The van der Waals surface area contributed by atoms with Crippen molar-refractivity contribution in [2.45, 2.75) is 64.7 Å². The molecule has 26 heavy (non-hydrogen) atoms. The van der Waals surface area contributed by atoms with Crippen molar-refractivity contribution in [1.82, 2.24) is 5.43 Å². The second-order valence-electron chi connectivity index (χ2n) is 6.74. The number of hydrogen-bond donors (Lipinski definition) is 2. The zero-order valence-corrected chi connectivity index (χ0v) is 15.7. The maximum Gasteiger partial charge on any atom is 0.240 e. The van der Waals surface area contributed by atoms with Gasteiger partial charge in [-0.2, -0.15) is 5.10 Å². The van der Waals surface area contributed by atoms with Crippen LogP contribution in [0.1, 0.15) is 70.3 Å². The zero-order chi connectivity index (χ0) is 18.6. The van der Waals surface area contributed by atoms with Crippen LogP contribution in [0.5, 0.6) is 5.75 Å². The van der Waals surface area contributed by atoms with Crippen LogP contribution in [0.3, 0.4) is 0 Å². The van der Waals surface area contributed by atoms with E-state index in [9.17, 15) is 9.90 Å². The summed E-state index contributed by atoms with van der Waals surface area (Å²) in [4.78, 5) is 11.9. The van der Waals surface area contributed by atoms with Crippen LogP contribution >= 0.6 is 0 Å². The Morgan fingerprint density at radius 2 is 1.69 bits per heavy atom. The standard InChI is InChI=1S/C22H30N2O2/c1-2-3-4-5-6-7-8-9-14-22(26)24-23-17-20-19-13-11-10-12-18(19)15-16-21(20)25/h10-13,15-17,25H,2-9,14H2,1H3,(H,24,26)/b23-17+. The third-order valence-electron chi connectivity index (χ3n) is 4.59. The average molecular weight is 354 g/mol. The summed E-state index contributed by atoms with van der Waals surface area (Å²) in [5.74, 6) is 0.0803. The highest BCUT2D eigenvalue weighted by atomic mass is 16.3. The van der Waals surface area contributed by atoms with Gasteiger partial charge in [0.2, 0.25) is 5.91 Å². The number of phenolic OH excluding ortho intramolecular Hbond substituents is 1. The van der Waals surface area contributed by atoms with Crippen molar-refractivity contribution in [3.63, 3.8) is 0 Å². The number of unbranched alkanes of at least 4 members (excludes halogenated alkanes) is 7. The summed E-state index contributed by atoms with van der Waals surface area (Å²) in [5.41, 5.74) is 3.18. The van der Waals surface area contributed by atoms with E-state index in [4.69, 9.17) is 0 Å². The van der Waals surface area contributed by atoms with E-state index < -0.39 is 0 Å². The lowest BCUT2D eigenvalue weighted by Crippen LogP contribution is -2.16. The molecule has 0 saturated carbocycles. The molecule has 2 N–H and O–H groups in total. The van der Waals surface area contributed by atoms with Gasteiger partial charge in [0.1, 0.15) is 5.75 Å². The Morgan fingerprint density at radius 3 is 2.46 bits per heavy atom. The fourth-order valence-electron chi connectivity index (χ4n) is 3.06. The highest BCUT2D eigenvalue weighted by Crippen LogP contribution is 2.25. The summed E-state index contributed by atoms with van der Waals surface area (Å²) < 4.78 is 0. The Balaban J connectivity index is 1.72. The van der Waals surface area contributed by atoms with Gasteiger partial charge >= 0.3 is 0 Å². The summed E-state index contributed by atoms with van der Waals surface area (Å²) in [6.07, 6.45) is 11.7. The van der Waals surface area contributed by atoms with Crippen LogP contribution in [0.4, 0.5) is 0 Å². The first-order valence-corrected chi connectivity index (χ1v) is 9.75. The molecule has 1 amide bonds. The van der Waals surface area contributed by atoms with Crippen molar-refractivity contribution in [3.05, 3.63) is 42.0 Å². The van der Waals surface area contributed by atoms with Gasteiger partial charge in [-0.25, -0.2) is 5.43 Å². The molecule has 0 aliphatic rings. The molecular formula is C22H30N2O2. The molecule has 140 valence electrons. The topological polar surface area (TPSA) is 61.7 Å². The Bertz CT molecular complexity index is 725. The van der Waals surface area contributed by atoms with Gasteiger partial charge in [-0.1, -0.05) is 82.2 Å². The van der Waals surface area contributed by atoms with E-state index in [2.05, 4.69) is 17.5 Å². The van der Waals surface area contributed by atoms with E-state index in [1.807, 2.05) is 30.3 Å². The van der Waals surface area contributed by atoms with Crippen LogP contribution < -0.4 is 5.43 Å². The van der Waals surface area contributed by atoms with Crippen LogP contribution in [0.2, 0.25) is 0 Å². The number of amides is 1. The maximum atomic E-state index is 11.9. The van der Waals surface area contributed by atoms with Crippen molar-refractivity contribution >= 4 is 22.9 Å². The molecule has 0 atom stereocenters. The quantitative estimate of drug-likeness (QED) is 0.317. The highest BCUT2D eigenvalue weighted by Gasteiger charge is 2.05. The first kappa shape index (κ1) is 20.0. The second-order valence-corrected chi connectivity index (χ2v) is 6.74. The first-order valence-electron chi connectivity index (χ1n) is 9.75. The molecule has 0 heterocycles. The van der Waals surface area contributed by atoms with Gasteiger partial charge in [0.05, 0.1) is 6.21 Å². The fraction of sp³-hybridized carbons (Fsp3) is 0.455. The summed E-state index contributed by atoms with van der Waals surface area (Å²) in [6, 6.07) is 11.3. The molecule has 2 rings (SSSR count). The molecule has 0 bridgehead atoms. The average Bonchev–Trinajstić information content (AvgIpc) is 2.65.